The topological polar surface area (TPSA) is 17.3 Å². The summed E-state index contributed by atoms with van der Waals surface area (Å²) in [6, 6.07) is 36.6. The first kappa shape index (κ1) is 30.5. The van der Waals surface area contributed by atoms with Crippen LogP contribution in [0.2, 0.25) is 0 Å². The van der Waals surface area contributed by atoms with Crippen LogP contribution in [0.25, 0.3) is 27.4 Å². The Labute approximate surface area is 252 Å². The summed E-state index contributed by atoms with van der Waals surface area (Å²) in [7, 11) is 0. The highest BCUT2D eigenvalue weighted by Gasteiger charge is 2.07. The summed E-state index contributed by atoms with van der Waals surface area (Å²) in [5.41, 5.74) is 12.9. The Morgan fingerprint density at radius 1 is 0.714 bits per heavy atom. The molecule has 0 bridgehead atoms. The molecule has 2 aromatic heterocycles. The standard InChI is InChI=1S/C16H16N2.C14H14.C10H14/c1-11-6-4-5-7-15(11)14-8-13(3)18-16(9-14)12(2)10-17-18;1-11(2)10-13-8-5-7-12-6-3-4-9-14(12)13;1-3-9-6-5-7-10(4-2)8-9/h4-10H,1-3H3;3-9H,1,10H2,2H3;5-8H,3-4H2,1-2H3. The van der Waals surface area contributed by atoms with Gasteiger partial charge in [0.05, 0.1) is 11.7 Å². The van der Waals surface area contributed by atoms with Gasteiger partial charge in [-0.15, -0.1) is 0 Å². The van der Waals surface area contributed by atoms with E-state index in [-0.39, 0.29) is 0 Å². The summed E-state index contributed by atoms with van der Waals surface area (Å²) < 4.78 is 2.00. The van der Waals surface area contributed by atoms with Crippen molar-refractivity contribution in [1.82, 2.24) is 9.61 Å². The van der Waals surface area contributed by atoms with E-state index in [0.29, 0.717) is 0 Å². The van der Waals surface area contributed by atoms with Gasteiger partial charge in [-0.05, 0) is 109 Å². The van der Waals surface area contributed by atoms with Gasteiger partial charge in [0.2, 0.25) is 0 Å². The molecule has 2 nitrogen and oxygen atoms in total. The molecular weight excluding hydrogens is 508 g/mol. The van der Waals surface area contributed by atoms with E-state index in [1.807, 2.05) is 10.7 Å². The van der Waals surface area contributed by atoms with E-state index in [4.69, 9.17) is 0 Å². The minimum Gasteiger partial charge on any atom is -0.238 e. The van der Waals surface area contributed by atoms with Gasteiger partial charge in [-0.1, -0.05) is 117 Å². The fraction of sp³-hybridized carbons (Fsp3) is 0.225. The predicted molar refractivity (Wildman–Crippen MR) is 183 cm³/mol. The molecule has 214 valence electrons. The van der Waals surface area contributed by atoms with E-state index in [0.717, 1.165) is 19.3 Å². The van der Waals surface area contributed by atoms with Crippen molar-refractivity contribution in [2.45, 2.75) is 60.8 Å². The van der Waals surface area contributed by atoms with Crippen LogP contribution in [0.1, 0.15) is 54.3 Å². The van der Waals surface area contributed by atoms with Crippen LogP contribution in [0, 0.1) is 20.8 Å². The van der Waals surface area contributed by atoms with E-state index in [1.165, 1.54) is 66.5 Å². The SMILES string of the molecule is C=C(C)Cc1cccc2ccccc12.CCc1cccc(CC)c1.Cc1ccccc1-c1cc(C)n2ncc(C)c2c1. The van der Waals surface area contributed by atoms with Crippen molar-refractivity contribution < 1.29 is 0 Å². The number of fused-ring (bicyclic) bond motifs is 2. The smallest absolute Gasteiger partial charge is 0.0699 e. The zero-order chi connectivity index (χ0) is 30.1. The van der Waals surface area contributed by atoms with Crippen LogP contribution in [-0.2, 0) is 19.3 Å². The Morgan fingerprint density at radius 2 is 1.36 bits per heavy atom. The number of aryl methyl sites for hydroxylation is 5. The lowest BCUT2D eigenvalue weighted by Gasteiger charge is -2.09. The third kappa shape index (κ3) is 7.64. The van der Waals surface area contributed by atoms with Crippen molar-refractivity contribution in [3.63, 3.8) is 0 Å². The Hall–Kier alpha value is -4.43. The first-order valence-electron chi connectivity index (χ1n) is 15.0. The lowest BCUT2D eigenvalue weighted by molar-refractivity contribution is 0.915. The minimum atomic E-state index is 0.974. The summed E-state index contributed by atoms with van der Waals surface area (Å²) in [5, 5.41) is 7.05. The molecule has 0 aliphatic carbocycles. The molecule has 0 N–H and O–H groups in total. The highest BCUT2D eigenvalue weighted by molar-refractivity contribution is 5.85. The largest absolute Gasteiger partial charge is 0.238 e. The summed E-state index contributed by atoms with van der Waals surface area (Å²) >= 11 is 0. The van der Waals surface area contributed by atoms with E-state index < -0.39 is 0 Å². The second-order valence-electron chi connectivity index (χ2n) is 11.1. The summed E-state index contributed by atoms with van der Waals surface area (Å²) in [4.78, 5) is 0. The molecule has 0 aliphatic rings. The Balaban J connectivity index is 0.000000151. The molecular formula is C40H44N2. The van der Waals surface area contributed by atoms with E-state index >= 15 is 0 Å². The number of rotatable bonds is 5. The van der Waals surface area contributed by atoms with E-state index in [2.05, 4.69) is 156 Å². The van der Waals surface area contributed by atoms with Crippen LogP contribution in [0.4, 0.5) is 0 Å². The van der Waals surface area contributed by atoms with Crippen molar-refractivity contribution in [3.05, 3.63) is 155 Å². The van der Waals surface area contributed by atoms with Gasteiger partial charge in [0.25, 0.3) is 0 Å². The van der Waals surface area contributed by atoms with Gasteiger partial charge in [-0.25, -0.2) is 4.52 Å². The van der Waals surface area contributed by atoms with Gasteiger partial charge in [-0.2, -0.15) is 5.10 Å². The van der Waals surface area contributed by atoms with Gasteiger partial charge in [0.15, 0.2) is 0 Å². The van der Waals surface area contributed by atoms with Crippen molar-refractivity contribution in [3.8, 4) is 11.1 Å². The maximum Gasteiger partial charge on any atom is 0.0699 e. The second kappa shape index (κ2) is 14.5. The highest BCUT2D eigenvalue weighted by Crippen LogP contribution is 2.26. The fourth-order valence-corrected chi connectivity index (χ4v) is 5.26. The van der Waals surface area contributed by atoms with Crippen molar-refractivity contribution >= 4 is 16.3 Å². The molecule has 0 saturated heterocycles. The van der Waals surface area contributed by atoms with Crippen molar-refractivity contribution in [1.29, 1.82) is 0 Å². The molecule has 0 amide bonds. The molecule has 0 radical (unpaired) electrons. The molecule has 2 heterocycles. The number of aromatic nitrogens is 2. The molecule has 0 saturated carbocycles. The van der Waals surface area contributed by atoms with E-state index in [1.54, 1.807) is 0 Å². The number of hydrogen-bond donors (Lipinski definition) is 0. The second-order valence-corrected chi connectivity index (χ2v) is 11.1. The van der Waals surface area contributed by atoms with Gasteiger partial charge in [0, 0.05) is 5.69 Å². The summed E-state index contributed by atoms with van der Waals surface area (Å²) in [5.74, 6) is 0. The molecule has 6 aromatic rings. The molecule has 0 spiro atoms. The summed E-state index contributed by atoms with van der Waals surface area (Å²) in [6.45, 7) is 16.8. The average Bonchev–Trinajstić information content (AvgIpc) is 3.39. The number of benzene rings is 4. The highest BCUT2D eigenvalue weighted by atomic mass is 15.2. The zero-order valence-corrected chi connectivity index (χ0v) is 26.1. The van der Waals surface area contributed by atoms with Gasteiger partial charge in [0.1, 0.15) is 0 Å². The first-order chi connectivity index (χ1) is 20.3. The van der Waals surface area contributed by atoms with Crippen LogP contribution < -0.4 is 0 Å². The van der Waals surface area contributed by atoms with Gasteiger partial charge >= 0.3 is 0 Å². The van der Waals surface area contributed by atoms with Crippen LogP contribution in [0.5, 0.6) is 0 Å². The third-order valence-electron chi connectivity index (χ3n) is 7.63. The average molecular weight is 553 g/mol. The van der Waals surface area contributed by atoms with Crippen molar-refractivity contribution in [2.75, 3.05) is 0 Å². The number of pyridine rings is 1. The van der Waals surface area contributed by atoms with Crippen molar-refractivity contribution in [2.24, 2.45) is 0 Å². The van der Waals surface area contributed by atoms with Gasteiger partial charge < -0.3 is 0 Å². The Morgan fingerprint density at radius 3 is 2.05 bits per heavy atom. The maximum atomic E-state index is 4.39. The number of nitrogens with zero attached hydrogens (tertiary/aromatic N) is 2. The molecule has 6 rings (SSSR count). The molecule has 0 atom stereocenters. The number of allylic oxidation sites excluding steroid dienone is 1. The molecule has 4 aromatic carbocycles. The number of hydrogen-bond acceptors (Lipinski definition) is 1. The third-order valence-corrected chi connectivity index (χ3v) is 7.63. The molecule has 42 heavy (non-hydrogen) atoms. The van der Waals surface area contributed by atoms with Crippen LogP contribution >= 0.6 is 0 Å². The normalized spacial score (nSPS) is 10.5. The fourth-order valence-electron chi connectivity index (χ4n) is 5.26. The molecule has 0 fully saturated rings. The Kier molecular flexibility index (Phi) is 10.5. The van der Waals surface area contributed by atoms with Crippen LogP contribution in [0.3, 0.4) is 0 Å². The zero-order valence-electron chi connectivity index (χ0n) is 26.1. The molecule has 2 heteroatoms. The Bertz CT molecular complexity index is 1760. The maximum absolute atomic E-state index is 4.39. The molecule has 0 unspecified atom stereocenters. The predicted octanol–water partition coefficient (Wildman–Crippen LogP) is 10.7. The van der Waals surface area contributed by atoms with Crippen LogP contribution in [0.15, 0.2) is 121 Å². The van der Waals surface area contributed by atoms with Crippen LogP contribution in [-0.4, -0.2) is 9.61 Å². The lowest BCUT2D eigenvalue weighted by Crippen LogP contribution is -1.94. The quantitative estimate of drug-likeness (QED) is 0.194. The monoisotopic (exact) mass is 552 g/mol. The van der Waals surface area contributed by atoms with E-state index in [9.17, 15) is 0 Å². The minimum absolute atomic E-state index is 0.974. The lowest BCUT2D eigenvalue weighted by atomic mass is 10.00. The molecule has 0 aliphatic heterocycles. The van der Waals surface area contributed by atoms with Gasteiger partial charge in [-0.3, -0.25) is 0 Å². The first-order valence-corrected chi connectivity index (χ1v) is 15.0. The summed E-state index contributed by atoms with van der Waals surface area (Å²) in [6.07, 6.45) is 5.19.